The molecular formula is C7H15NOS. The molecule has 0 aromatic heterocycles. The summed E-state index contributed by atoms with van der Waals surface area (Å²) in [5, 5.41) is 0.260. The summed E-state index contributed by atoms with van der Waals surface area (Å²) in [6.45, 7) is 5.08. The summed E-state index contributed by atoms with van der Waals surface area (Å²) in [5.74, 6) is 0. The number of rotatable bonds is 1. The highest BCUT2D eigenvalue weighted by Gasteiger charge is 2.30. The van der Waals surface area contributed by atoms with Crippen LogP contribution in [-0.4, -0.2) is 16.9 Å². The van der Waals surface area contributed by atoms with Crippen LogP contribution >= 0.6 is 11.8 Å². The molecule has 0 saturated carbocycles. The lowest BCUT2D eigenvalue weighted by atomic mass is 10.3. The molecule has 60 valence electrons. The molecule has 1 heterocycles. The van der Waals surface area contributed by atoms with Crippen LogP contribution in [0.4, 0.5) is 0 Å². The highest BCUT2D eigenvalue weighted by molar-refractivity contribution is 8.01. The standard InChI is InChI=1S/C7H15NOS/c1-3-7(8)9-5-4-6(2)10-7/h6H,3-5,8H2,1-2H3. The summed E-state index contributed by atoms with van der Waals surface area (Å²) >= 11 is 1.74. The van der Waals surface area contributed by atoms with Crippen LogP contribution in [0.1, 0.15) is 26.7 Å². The van der Waals surface area contributed by atoms with Gasteiger partial charge in [-0.3, -0.25) is 5.73 Å². The summed E-state index contributed by atoms with van der Waals surface area (Å²) in [6.07, 6.45) is 2.02. The molecule has 2 N–H and O–H groups in total. The van der Waals surface area contributed by atoms with E-state index in [1.54, 1.807) is 11.8 Å². The van der Waals surface area contributed by atoms with Crippen LogP contribution in [0.25, 0.3) is 0 Å². The Bertz CT molecular complexity index is 120. The van der Waals surface area contributed by atoms with Crippen LogP contribution in [-0.2, 0) is 4.74 Å². The Kier molecular flexibility index (Phi) is 2.61. The molecule has 3 heteroatoms. The van der Waals surface area contributed by atoms with Crippen LogP contribution in [0.2, 0.25) is 0 Å². The van der Waals surface area contributed by atoms with Gasteiger partial charge in [-0.2, -0.15) is 0 Å². The molecule has 0 aliphatic carbocycles. The van der Waals surface area contributed by atoms with Crippen molar-refractivity contribution < 1.29 is 4.74 Å². The van der Waals surface area contributed by atoms with E-state index in [9.17, 15) is 0 Å². The van der Waals surface area contributed by atoms with Crippen LogP contribution in [0.5, 0.6) is 0 Å². The average molecular weight is 161 g/mol. The van der Waals surface area contributed by atoms with Gasteiger partial charge in [-0.1, -0.05) is 13.8 Å². The summed E-state index contributed by atoms with van der Waals surface area (Å²) < 4.78 is 5.43. The lowest BCUT2D eigenvalue weighted by molar-refractivity contribution is 0.0172. The molecule has 1 fully saturated rings. The van der Waals surface area contributed by atoms with Gasteiger partial charge >= 0.3 is 0 Å². The van der Waals surface area contributed by atoms with Crippen molar-refractivity contribution in [2.75, 3.05) is 6.61 Å². The van der Waals surface area contributed by atoms with Crippen LogP contribution in [0.15, 0.2) is 0 Å². The fourth-order valence-corrected chi connectivity index (χ4v) is 2.23. The second-order valence-corrected chi connectivity index (χ2v) is 4.46. The fraction of sp³-hybridized carbons (Fsp3) is 1.00. The Morgan fingerprint density at radius 3 is 2.90 bits per heavy atom. The molecular weight excluding hydrogens is 146 g/mol. The Balaban J connectivity index is 2.45. The maximum Gasteiger partial charge on any atom is 0.164 e. The maximum atomic E-state index is 5.89. The lowest BCUT2D eigenvalue weighted by Crippen LogP contribution is -2.43. The Hall–Kier alpha value is 0.270. The van der Waals surface area contributed by atoms with Gasteiger partial charge in [0, 0.05) is 5.25 Å². The van der Waals surface area contributed by atoms with E-state index in [1.807, 2.05) is 0 Å². The van der Waals surface area contributed by atoms with Crippen molar-refractivity contribution in [3.8, 4) is 0 Å². The summed E-state index contributed by atoms with van der Waals surface area (Å²) in [6, 6.07) is 0. The zero-order chi connectivity index (χ0) is 7.61. The van der Waals surface area contributed by atoms with E-state index in [1.165, 1.54) is 0 Å². The molecule has 1 aliphatic heterocycles. The van der Waals surface area contributed by atoms with Crippen molar-refractivity contribution in [3.05, 3.63) is 0 Å². The van der Waals surface area contributed by atoms with Gasteiger partial charge in [-0.15, -0.1) is 11.8 Å². The van der Waals surface area contributed by atoms with Crippen LogP contribution < -0.4 is 5.73 Å². The van der Waals surface area contributed by atoms with Crippen molar-refractivity contribution in [2.45, 2.75) is 37.0 Å². The number of hydrogen-bond acceptors (Lipinski definition) is 3. The zero-order valence-electron chi connectivity index (χ0n) is 6.59. The molecule has 2 nitrogen and oxygen atoms in total. The third-order valence-corrected chi connectivity index (χ3v) is 3.21. The summed E-state index contributed by atoms with van der Waals surface area (Å²) in [7, 11) is 0. The number of hydrogen-bond donors (Lipinski definition) is 1. The van der Waals surface area contributed by atoms with Gasteiger partial charge in [0.1, 0.15) is 0 Å². The molecule has 10 heavy (non-hydrogen) atoms. The van der Waals surface area contributed by atoms with Crippen molar-refractivity contribution in [1.29, 1.82) is 0 Å². The Morgan fingerprint density at radius 1 is 1.80 bits per heavy atom. The summed E-state index contributed by atoms with van der Waals surface area (Å²) in [4.78, 5) is 0. The first-order valence-corrected chi connectivity index (χ1v) is 4.65. The average Bonchev–Trinajstić information content (AvgIpc) is 1.88. The van der Waals surface area contributed by atoms with Gasteiger partial charge in [0.05, 0.1) is 6.61 Å². The lowest BCUT2D eigenvalue weighted by Gasteiger charge is -2.35. The van der Waals surface area contributed by atoms with Crippen LogP contribution in [0, 0.1) is 0 Å². The minimum atomic E-state index is -0.391. The molecule has 0 spiro atoms. The zero-order valence-corrected chi connectivity index (χ0v) is 7.41. The van der Waals surface area contributed by atoms with Gasteiger partial charge in [0.2, 0.25) is 0 Å². The van der Waals surface area contributed by atoms with Crippen molar-refractivity contribution >= 4 is 11.8 Å². The normalized spacial score (nSPS) is 41.7. The van der Waals surface area contributed by atoms with Gasteiger partial charge < -0.3 is 4.74 Å². The maximum absolute atomic E-state index is 5.89. The number of thioether (sulfide) groups is 1. The fourth-order valence-electron chi connectivity index (χ4n) is 1.02. The highest BCUT2D eigenvalue weighted by Crippen LogP contribution is 2.34. The predicted octanol–water partition coefficient (Wildman–Crippen LogP) is 1.55. The molecule has 0 bridgehead atoms. The topological polar surface area (TPSA) is 35.2 Å². The van der Waals surface area contributed by atoms with Gasteiger partial charge in [-0.25, -0.2) is 0 Å². The van der Waals surface area contributed by atoms with E-state index in [4.69, 9.17) is 10.5 Å². The van der Waals surface area contributed by atoms with E-state index < -0.39 is 5.06 Å². The van der Waals surface area contributed by atoms with Gasteiger partial charge in [-0.05, 0) is 12.8 Å². The molecule has 1 aliphatic rings. The predicted molar refractivity (Wildman–Crippen MR) is 44.8 cm³/mol. The van der Waals surface area contributed by atoms with Crippen molar-refractivity contribution in [2.24, 2.45) is 5.73 Å². The molecule has 1 saturated heterocycles. The van der Waals surface area contributed by atoms with Gasteiger partial charge in [0.15, 0.2) is 5.06 Å². The molecule has 0 amide bonds. The van der Waals surface area contributed by atoms with Gasteiger partial charge in [0.25, 0.3) is 0 Å². The largest absolute Gasteiger partial charge is 0.351 e. The highest BCUT2D eigenvalue weighted by atomic mass is 32.2. The van der Waals surface area contributed by atoms with Crippen molar-refractivity contribution in [1.82, 2.24) is 0 Å². The molecule has 2 atom stereocenters. The smallest absolute Gasteiger partial charge is 0.164 e. The van der Waals surface area contributed by atoms with E-state index in [0.29, 0.717) is 5.25 Å². The molecule has 0 aromatic rings. The minimum absolute atomic E-state index is 0.391. The number of nitrogens with two attached hydrogens (primary N) is 1. The van der Waals surface area contributed by atoms with Crippen molar-refractivity contribution in [3.63, 3.8) is 0 Å². The first kappa shape index (κ1) is 8.37. The van der Waals surface area contributed by atoms with E-state index in [0.717, 1.165) is 19.4 Å². The molecule has 1 rings (SSSR count). The Morgan fingerprint density at radius 2 is 2.50 bits per heavy atom. The monoisotopic (exact) mass is 161 g/mol. The Labute approximate surface area is 66.5 Å². The first-order valence-electron chi connectivity index (χ1n) is 3.77. The third-order valence-electron chi connectivity index (χ3n) is 1.76. The SMILES string of the molecule is CCC1(N)OCCC(C)S1. The van der Waals surface area contributed by atoms with Crippen LogP contribution in [0.3, 0.4) is 0 Å². The molecule has 2 unspecified atom stereocenters. The second-order valence-electron chi connectivity index (χ2n) is 2.73. The summed E-state index contributed by atoms with van der Waals surface area (Å²) in [5.41, 5.74) is 5.89. The first-order chi connectivity index (χ1) is 4.66. The third kappa shape index (κ3) is 1.87. The minimum Gasteiger partial charge on any atom is -0.351 e. The number of ether oxygens (including phenoxy) is 1. The van der Waals surface area contributed by atoms with E-state index >= 15 is 0 Å². The second kappa shape index (κ2) is 3.11. The van der Waals surface area contributed by atoms with E-state index in [-0.39, 0.29) is 0 Å². The molecule has 0 radical (unpaired) electrons. The molecule has 0 aromatic carbocycles. The quantitative estimate of drug-likeness (QED) is 0.633. The van der Waals surface area contributed by atoms with E-state index in [2.05, 4.69) is 13.8 Å².